The normalized spacial score (nSPS) is 10.4. The smallest absolute Gasteiger partial charge is 0.354 e. The molecule has 0 saturated heterocycles. The number of esters is 1. The second-order valence-corrected chi connectivity index (χ2v) is 3.60. The zero-order chi connectivity index (χ0) is 11.7. The first-order chi connectivity index (χ1) is 7.67. The Morgan fingerprint density at radius 2 is 2.12 bits per heavy atom. The van der Waals surface area contributed by atoms with Gasteiger partial charge >= 0.3 is 5.97 Å². The fourth-order valence-corrected chi connectivity index (χ4v) is 1.82. The molecule has 1 aromatic heterocycles. The maximum Gasteiger partial charge on any atom is 0.354 e. The molecule has 2 rings (SSSR count). The molecule has 5 heteroatoms. The topological polar surface area (TPSA) is 51.3 Å². The monoisotopic (exact) mass is 239 g/mol. The van der Waals surface area contributed by atoms with Gasteiger partial charge in [-0.3, -0.25) is 0 Å². The van der Waals surface area contributed by atoms with Gasteiger partial charge in [-0.1, -0.05) is 11.6 Å². The van der Waals surface area contributed by atoms with Crippen molar-refractivity contribution in [3.63, 3.8) is 0 Å². The maximum absolute atomic E-state index is 11.3. The molecule has 0 aliphatic carbocycles. The fraction of sp³-hybridized carbons (Fsp3) is 0.182. The number of rotatable bonds is 2. The third-order valence-corrected chi connectivity index (χ3v) is 2.72. The predicted molar refractivity (Wildman–Crippen MR) is 61.2 cm³/mol. The minimum atomic E-state index is -0.425. The Morgan fingerprint density at radius 1 is 1.38 bits per heavy atom. The summed E-state index contributed by atoms with van der Waals surface area (Å²) in [5.74, 6) is 0.149. The van der Waals surface area contributed by atoms with Crippen molar-refractivity contribution < 1.29 is 14.3 Å². The molecule has 0 unspecified atom stereocenters. The number of ether oxygens (including phenoxy) is 2. The average molecular weight is 240 g/mol. The molecule has 2 aromatic rings. The van der Waals surface area contributed by atoms with E-state index in [-0.39, 0.29) is 0 Å². The number of methoxy groups -OCH3 is 2. The minimum absolute atomic E-state index is 0.368. The number of hydrogen-bond donors (Lipinski definition) is 1. The quantitative estimate of drug-likeness (QED) is 0.820. The molecule has 84 valence electrons. The number of aromatic amines is 1. The van der Waals surface area contributed by atoms with E-state index in [4.69, 9.17) is 16.3 Å². The van der Waals surface area contributed by atoms with Gasteiger partial charge in [0.15, 0.2) is 0 Å². The summed E-state index contributed by atoms with van der Waals surface area (Å²) in [6.45, 7) is 0. The van der Waals surface area contributed by atoms with Gasteiger partial charge in [0.25, 0.3) is 0 Å². The third-order valence-electron chi connectivity index (χ3n) is 2.33. The van der Waals surface area contributed by atoms with E-state index in [1.54, 1.807) is 25.3 Å². The first kappa shape index (κ1) is 10.8. The number of H-pyrrole nitrogens is 1. The average Bonchev–Trinajstić information content (AvgIpc) is 2.73. The van der Waals surface area contributed by atoms with Crippen LogP contribution in [0.5, 0.6) is 5.75 Å². The molecule has 0 aliphatic heterocycles. The minimum Gasteiger partial charge on any atom is -0.495 e. The van der Waals surface area contributed by atoms with E-state index in [2.05, 4.69) is 9.72 Å². The van der Waals surface area contributed by atoms with E-state index in [0.29, 0.717) is 16.5 Å². The molecule has 0 fully saturated rings. The van der Waals surface area contributed by atoms with Crippen LogP contribution in [-0.2, 0) is 4.74 Å². The van der Waals surface area contributed by atoms with Crippen molar-refractivity contribution in [1.82, 2.24) is 4.98 Å². The molecule has 0 amide bonds. The predicted octanol–water partition coefficient (Wildman–Crippen LogP) is 2.62. The molecule has 1 aromatic carbocycles. The lowest BCUT2D eigenvalue weighted by molar-refractivity contribution is 0.0595. The highest BCUT2D eigenvalue weighted by molar-refractivity contribution is 6.37. The van der Waals surface area contributed by atoms with Gasteiger partial charge in [0.05, 0.1) is 19.2 Å². The molecular weight excluding hydrogens is 230 g/mol. The van der Waals surface area contributed by atoms with Crippen LogP contribution in [0, 0.1) is 0 Å². The summed E-state index contributed by atoms with van der Waals surface area (Å²) in [4.78, 5) is 14.2. The summed E-state index contributed by atoms with van der Waals surface area (Å²) in [5.41, 5.74) is 1.14. The van der Waals surface area contributed by atoms with E-state index >= 15 is 0 Å². The Hall–Kier alpha value is -1.68. The third kappa shape index (κ3) is 1.61. The number of hydrogen-bond acceptors (Lipinski definition) is 3. The van der Waals surface area contributed by atoms with Gasteiger partial charge in [-0.15, -0.1) is 0 Å². The molecule has 1 N–H and O–H groups in total. The number of carbonyl (C=O) groups excluding carboxylic acids is 1. The lowest BCUT2D eigenvalue weighted by atomic mass is 10.2. The van der Waals surface area contributed by atoms with Crippen LogP contribution in [0.1, 0.15) is 10.5 Å². The van der Waals surface area contributed by atoms with Crippen molar-refractivity contribution in [2.24, 2.45) is 0 Å². The first-order valence-corrected chi connectivity index (χ1v) is 4.98. The summed E-state index contributed by atoms with van der Waals surface area (Å²) in [6, 6.07) is 5.18. The molecular formula is C11H10ClNO3. The fourth-order valence-electron chi connectivity index (χ4n) is 1.53. The lowest BCUT2D eigenvalue weighted by Gasteiger charge is -2.02. The van der Waals surface area contributed by atoms with Crippen LogP contribution >= 0.6 is 11.6 Å². The van der Waals surface area contributed by atoms with Crippen LogP contribution in [0.2, 0.25) is 5.02 Å². The van der Waals surface area contributed by atoms with E-state index < -0.39 is 5.97 Å². The number of nitrogens with one attached hydrogen (secondary N) is 1. The van der Waals surface area contributed by atoms with Crippen LogP contribution in [0.15, 0.2) is 18.2 Å². The van der Waals surface area contributed by atoms with Crippen LogP contribution in [0.4, 0.5) is 0 Å². The van der Waals surface area contributed by atoms with Crippen LogP contribution in [-0.4, -0.2) is 25.2 Å². The van der Waals surface area contributed by atoms with Crippen molar-refractivity contribution in [2.45, 2.75) is 0 Å². The molecule has 16 heavy (non-hydrogen) atoms. The highest BCUT2D eigenvalue weighted by Gasteiger charge is 2.13. The lowest BCUT2D eigenvalue weighted by Crippen LogP contribution is -2.00. The SMILES string of the molecule is COC(=O)c1cc2c(Cl)c(OC)ccc2[nH]1. The standard InChI is InChI=1S/C11H10ClNO3/c1-15-9-4-3-7-6(10(9)12)5-8(13-7)11(14)16-2/h3-5,13H,1-2H3. The molecule has 1 heterocycles. The number of aromatic nitrogens is 1. The number of benzene rings is 1. The van der Waals surface area contributed by atoms with Crippen molar-refractivity contribution in [3.05, 3.63) is 28.9 Å². The molecule has 0 saturated carbocycles. The summed E-state index contributed by atoms with van der Waals surface area (Å²) >= 11 is 6.11. The Bertz CT molecular complexity index is 547. The largest absolute Gasteiger partial charge is 0.495 e. The summed E-state index contributed by atoms with van der Waals surface area (Å²) in [6.07, 6.45) is 0. The molecule has 0 aliphatic rings. The highest BCUT2D eigenvalue weighted by atomic mass is 35.5. The van der Waals surface area contributed by atoms with Gasteiger partial charge < -0.3 is 14.5 Å². The van der Waals surface area contributed by atoms with E-state index in [1.165, 1.54) is 7.11 Å². The molecule has 0 spiro atoms. The van der Waals surface area contributed by atoms with Crippen molar-refractivity contribution in [1.29, 1.82) is 0 Å². The Labute approximate surface area is 97.1 Å². The van der Waals surface area contributed by atoms with Crippen molar-refractivity contribution in [3.8, 4) is 5.75 Å². The number of carbonyl (C=O) groups is 1. The van der Waals surface area contributed by atoms with Crippen LogP contribution in [0.3, 0.4) is 0 Å². The Balaban J connectivity index is 2.62. The van der Waals surface area contributed by atoms with Crippen LogP contribution < -0.4 is 4.74 Å². The summed E-state index contributed by atoms with van der Waals surface area (Å²) < 4.78 is 9.70. The van der Waals surface area contributed by atoms with Gasteiger partial charge in [-0.2, -0.15) is 0 Å². The zero-order valence-corrected chi connectivity index (χ0v) is 9.59. The number of halogens is 1. The van der Waals surface area contributed by atoms with Gasteiger partial charge in [-0.05, 0) is 18.2 Å². The zero-order valence-electron chi connectivity index (χ0n) is 8.83. The van der Waals surface area contributed by atoms with Gasteiger partial charge in [0, 0.05) is 10.9 Å². The molecule has 0 bridgehead atoms. The first-order valence-electron chi connectivity index (χ1n) is 4.61. The molecule has 4 nitrogen and oxygen atoms in total. The highest BCUT2D eigenvalue weighted by Crippen LogP contribution is 2.32. The van der Waals surface area contributed by atoms with Gasteiger partial charge in [0.2, 0.25) is 0 Å². The van der Waals surface area contributed by atoms with E-state index in [1.807, 2.05) is 0 Å². The van der Waals surface area contributed by atoms with E-state index in [0.717, 1.165) is 10.9 Å². The molecule has 0 atom stereocenters. The second kappa shape index (κ2) is 4.06. The Morgan fingerprint density at radius 3 is 2.75 bits per heavy atom. The molecule has 0 radical (unpaired) electrons. The van der Waals surface area contributed by atoms with Crippen molar-refractivity contribution in [2.75, 3.05) is 14.2 Å². The van der Waals surface area contributed by atoms with E-state index in [9.17, 15) is 4.79 Å². The van der Waals surface area contributed by atoms with Crippen molar-refractivity contribution >= 4 is 28.5 Å². The Kier molecular flexibility index (Phi) is 2.75. The summed E-state index contributed by atoms with van der Waals surface area (Å²) in [7, 11) is 2.87. The summed E-state index contributed by atoms with van der Waals surface area (Å²) in [5, 5.41) is 1.22. The second-order valence-electron chi connectivity index (χ2n) is 3.22. The number of fused-ring (bicyclic) bond motifs is 1. The maximum atomic E-state index is 11.3. The van der Waals surface area contributed by atoms with Crippen LogP contribution in [0.25, 0.3) is 10.9 Å². The van der Waals surface area contributed by atoms with Gasteiger partial charge in [0.1, 0.15) is 11.4 Å². The van der Waals surface area contributed by atoms with Gasteiger partial charge in [-0.25, -0.2) is 4.79 Å².